The first-order valence-electron chi connectivity index (χ1n) is 9.70. The average Bonchev–Trinajstić information content (AvgIpc) is 2.70. The van der Waals surface area contributed by atoms with Crippen LogP contribution in [0.2, 0.25) is 0 Å². The Morgan fingerprint density at radius 2 is 1.69 bits per heavy atom. The summed E-state index contributed by atoms with van der Waals surface area (Å²) in [5.41, 5.74) is 1.13. The van der Waals surface area contributed by atoms with E-state index >= 15 is 0 Å². The smallest absolute Gasteiger partial charge is 0.240 e. The molecule has 0 aliphatic heterocycles. The lowest BCUT2D eigenvalue weighted by Gasteiger charge is -2.11. The van der Waals surface area contributed by atoms with Crippen LogP contribution in [-0.2, 0) is 16.4 Å². The molecule has 0 amide bonds. The molecular formula is C23H27NO4S. The van der Waals surface area contributed by atoms with E-state index in [1.54, 1.807) is 25.3 Å². The fourth-order valence-electron chi connectivity index (χ4n) is 3.12. The number of fused-ring (bicyclic) bond motifs is 1. The van der Waals surface area contributed by atoms with Crippen LogP contribution in [0.15, 0.2) is 65.6 Å². The molecule has 0 saturated carbocycles. The van der Waals surface area contributed by atoms with Gasteiger partial charge in [-0.25, -0.2) is 13.1 Å². The Balaban J connectivity index is 1.59. The van der Waals surface area contributed by atoms with Gasteiger partial charge in [-0.1, -0.05) is 24.3 Å². The van der Waals surface area contributed by atoms with Crippen LogP contribution in [0.5, 0.6) is 11.5 Å². The van der Waals surface area contributed by atoms with Gasteiger partial charge in [-0.2, -0.15) is 0 Å². The summed E-state index contributed by atoms with van der Waals surface area (Å²) >= 11 is 0. The Morgan fingerprint density at radius 1 is 0.931 bits per heavy atom. The molecule has 3 aromatic carbocycles. The van der Waals surface area contributed by atoms with E-state index in [1.807, 2.05) is 56.3 Å². The maximum atomic E-state index is 12.6. The van der Waals surface area contributed by atoms with E-state index in [-0.39, 0.29) is 11.0 Å². The van der Waals surface area contributed by atoms with E-state index in [9.17, 15) is 8.42 Å². The molecular weight excluding hydrogens is 386 g/mol. The second-order valence-electron chi connectivity index (χ2n) is 7.19. The van der Waals surface area contributed by atoms with Gasteiger partial charge in [0.2, 0.25) is 10.0 Å². The number of hydrogen-bond acceptors (Lipinski definition) is 4. The molecule has 0 radical (unpaired) electrons. The molecule has 154 valence electrons. The Hall–Kier alpha value is -2.57. The molecule has 29 heavy (non-hydrogen) atoms. The van der Waals surface area contributed by atoms with Crippen molar-refractivity contribution >= 4 is 20.8 Å². The normalized spacial score (nSPS) is 11.7. The van der Waals surface area contributed by atoms with Crippen molar-refractivity contribution in [3.63, 3.8) is 0 Å². The standard InChI is InChI=1S/C23H27NO4S/c1-17(2)28-22-8-4-6-18(14-22)7-5-13-24-29(25,26)23-12-10-19-15-21(27-3)11-9-20(19)16-23/h4,6,8-12,14-17,24H,5,7,13H2,1-3H3. The van der Waals surface area contributed by atoms with Crippen LogP contribution in [0.25, 0.3) is 10.8 Å². The molecule has 0 atom stereocenters. The minimum absolute atomic E-state index is 0.125. The lowest BCUT2D eigenvalue weighted by Crippen LogP contribution is -2.25. The minimum atomic E-state index is -3.55. The van der Waals surface area contributed by atoms with Crippen molar-refractivity contribution in [1.29, 1.82) is 0 Å². The Kier molecular flexibility index (Phi) is 6.77. The zero-order valence-electron chi connectivity index (χ0n) is 17.0. The minimum Gasteiger partial charge on any atom is -0.497 e. The number of sulfonamides is 1. The van der Waals surface area contributed by atoms with Crippen LogP contribution in [0.3, 0.4) is 0 Å². The van der Waals surface area contributed by atoms with Gasteiger partial charge >= 0.3 is 0 Å². The number of nitrogens with one attached hydrogen (secondary N) is 1. The van der Waals surface area contributed by atoms with Gasteiger partial charge in [0.15, 0.2) is 0 Å². The predicted molar refractivity (Wildman–Crippen MR) is 116 cm³/mol. The van der Waals surface area contributed by atoms with Crippen LogP contribution in [0.1, 0.15) is 25.8 Å². The van der Waals surface area contributed by atoms with Crippen molar-refractivity contribution < 1.29 is 17.9 Å². The van der Waals surface area contributed by atoms with Gasteiger partial charge in [0.1, 0.15) is 11.5 Å². The predicted octanol–water partition coefficient (Wildman–Crippen LogP) is 4.55. The summed E-state index contributed by atoms with van der Waals surface area (Å²) in [5.74, 6) is 1.58. The first-order chi connectivity index (χ1) is 13.9. The molecule has 0 unspecified atom stereocenters. The second kappa shape index (κ2) is 9.29. The summed E-state index contributed by atoms with van der Waals surface area (Å²) in [6.07, 6.45) is 1.60. The summed E-state index contributed by atoms with van der Waals surface area (Å²) in [5, 5.41) is 1.79. The molecule has 0 bridgehead atoms. The first-order valence-corrected chi connectivity index (χ1v) is 11.2. The van der Waals surface area contributed by atoms with Gasteiger partial charge in [-0.05, 0) is 79.4 Å². The third-order valence-corrected chi connectivity index (χ3v) is 5.99. The van der Waals surface area contributed by atoms with Crippen molar-refractivity contribution in [2.75, 3.05) is 13.7 Å². The SMILES string of the molecule is COc1ccc2cc(S(=O)(=O)NCCCc3cccc(OC(C)C)c3)ccc2c1. The highest BCUT2D eigenvalue weighted by atomic mass is 32.2. The molecule has 0 saturated heterocycles. The molecule has 0 fully saturated rings. The Morgan fingerprint density at radius 3 is 2.45 bits per heavy atom. The van der Waals surface area contributed by atoms with Gasteiger partial charge in [0.25, 0.3) is 0 Å². The summed E-state index contributed by atoms with van der Waals surface area (Å²) in [4.78, 5) is 0.266. The number of aryl methyl sites for hydroxylation is 1. The van der Waals surface area contributed by atoms with Gasteiger partial charge in [-0.15, -0.1) is 0 Å². The largest absolute Gasteiger partial charge is 0.497 e. The highest BCUT2D eigenvalue weighted by molar-refractivity contribution is 7.89. The summed E-state index contributed by atoms with van der Waals surface area (Å²) in [6.45, 7) is 4.35. The van der Waals surface area contributed by atoms with Crippen LogP contribution < -0.4 is 14.2 Å². The van der Waals surface area contributed by atoms with E-state index in [0.717, 1.165) is 34.3 Å². The molecule has 3 aromatic rings. The van der Waals surface area contributed by atoms with E-state index in [2.05, 4.69) is 4.72 Å². The molecule has 1 N–H and O–H groups in total. The molecule has 0 spiro atoms. The van der Waals surface area contributed by atoms with Crippen LogP contribution >= 0.6 is 0 Å². The maximum absolute atomic E-state index is 12.6. The molecule has 0 heterocycles. The van der Waals surface area contributed by atoms with Gasteiger partial charge in [-0.3, -0.25) is 0 Å². The maximum Gasteiger partial charge on any atom is 0.240 e. The third kappa shape index (κ3) is 5.71. The van der Waals surface area contributed by atoms with Crippen molar-refractivity contribution in [3.8, 4) is 11.5 Å². The summed E-state index contributed by atoms with van der Waals surface area (Å²) in [6, 6.07) is 18.6. The van der Waals surface area contributed by atoms with Crippen LogP contribution in [0.4, 0.5) is 0 Å². The average molecular weight is 414 g/mol. The van der Waals surface area contributed by atoms with E-state index in [0.29, 0.717) is 13.0 Å². The molecule has 6 heteroatoms. The van der Waals surface area contributed by atoms with Gasteiger partial charge < -0.3 is 9.47 Å². The molecule has 3 rings (SSSR count). The molecule has 0 aliphatic rings. The van der Waals surface area contributed by atoms with Crippen molar-refractivity contribution in [1.82, 2.24) is 4.72 Å². The van der Waals surface area contributed by atoms with E-state index < -0.39 is 10.0 Å². The number of methoxy groups -OCH3 is 1. The number of hydrogen-bond donors (Lipinski definition) is 1. The number of rotatable bonds is 9. The van der Waals surface area contributed by atoms with Crippen molar-refractivity contribution in [2.24, 2.45) is 0 Å². The van der Waals surface area contributed by atoms with Gasteiger partial charge in [0.05, 0.1) is 18.1 Å². The van der Waals surface area contributed by atoms with E-state index in [1.165, 1.54) is 0 Å². The zero-order chi connectivity index (χ0) is 20.9. The van der Waals surface area contributed by atoms with Gasteiger partial charge in [0, 0.05) is 6.54 Å². The molecule has 0 aromatic heterocycles. The fourth-order valence-corrected chi connectivity index (χ4v) is 4.23. The number of benzene rings is 3. The highest BCUT2D eigenvalue weighted by Crippen LogP contribution is 2.23. The Labute approximate surface area is 172 Å². The van der Waals surface area contributed by atoms with Crippen LogP contribution in [0, 0.1) is 0 Å². The summed E-state index contributed by atoms with van der Waals surface area (Å²) in [7, 11) is -1.94. The Bertz CT molecular complexity index is 1080. The van der Waals surface area contributed by atoms with Crippen molar-refractivity contribution in [2.45, 2.75) is 37.7 Å². The summed E-state index contributed by atoms with van der Waals surface area (Å²) < 4.78 is 38.9. The lowest BCUT2D eigenvalue weighted by atomic mass is 10.1. The first kappa shape index (κ1) is 21.1. The van der Waals surface area contributed by atoms with E-state index in [4.69, 9.17) is 9.47 Å². The fraction of sp³-hybridized carbons (Fsp3) is 0.304. The molecule has 0 aliphatic carbocycles. The molecule has 5 nitrogen and oxygen atoms in total. The lowest BCUT2D eigenvalue weighted by molar-refractivity contribution is 0.242. The van der Waals surface area contributed by atoms with Crippen molar-refractivity contribution in [3.05, 3.63) is 66.2 Å². The quantitative estimate of drug-likeness (QED) is 0.523. The monoisotopic (exact) mass is 413 g/mol. The number of ether oxygens (including phenoxy) is 2. The zero-order valence-corrected chi connectivity index (χ0v) is 17.8. The topological polar surface area (TPSA) is 64.6 Å². The third-order valence-electron chi connectivity index (χ3n) is 4.53. The van der Waals surface area contributed by atoms with Crippen LogP contribution in [-0.4, -0.2) is 28.2 Å². The highest BCUT2D eigenvalue weighted by Gasteiger charge is 2.14. The second-order valence-corrected chi connectivity index (χ2v) is 8.96.